The molecule has 0 aliphatic carbocycles. The number of nitrogens with two attached hydrogens (primary N) is 1. The Kier molecular flexibility index (Phi) is 4.47. The molecule has 1 unspecified atom stereocenters. The van der Waals surface area contributed by atoms with Gasteiger partial charge in [-0.2, -0.15) is 5.10 Å². The van der Waals surface area contributed by atoms with Crippen molar-refractivity contribution in [1.29, 1.82) is 0 Å². The van der Waals surface area contributed by atoms with Crippen molar-refractivity contribution < 1.29 is 4.79 Å². The quantitative estimate of drug-likeness (QED) is 0.835. The maximum absolute atomic E-state index is 11.9. The van der Waals surface area contributed by atoms with Crippen LogP contribution in [-0.2, 0) is 6.54 Å². The Morgan fingerprint density at radius 1 is 1.73 bits per heavy atom. The number of halogens is 1. The van der Waals surface area contributed by atoms with Gasteiger partial charge in [0.15, 0.2) is 5.78 Å². The van der Waals surface area contributed by atoms with Gasteiger partial charge in [0.25, 0.3) is 0 Å². The summed E-state index contributed by atoms with van der Waals surface area (Å²) < 4.78 is 2.48. The maximum Gasteiger partial charge on any atom is 0.183 e. The Bertz CT molecular complexity index is 346. The lowest BCUT2D eigenvalue weighted by Gasteiger charge is -2.07. The van der Waals surface area contributed by atoms with Crippen LogP contribution in [0.5, 0.6) is 0 Å². The van der Waals surface area contributed by atoms with Crippen LogP contribution in [-0.4, -0.2) is 21.6 Å². The zero-order valence-electron chi connectivity index (χ0n) is 9.03. The van der Waals surface area contributed by atoms with Crippen LogP contribution in [0.4, 0.5) is 0 Å². The lowest BCUT2D eigenvalue weighted by molar-refractivity contribution is 0.0965. The highest BCUT2D eigenvalue weighted by Gasteiger charge is 2.17. The number of carbonyl (C=O) groups excluding carboxylic acids is 1. The third-order valence-corrected chi connectivity index (χ3v) is 2.58. The molecule has 0 aliphatic rings. The van der Waals surface area contributed by atoms with Crippen LogP contribution >= 0.6 is 15.9 Å². The largest absolute Gasteiger partial charge is 0.328 e. The molecule has 0 saturated carbocycles. The van der Waals surface area contributed by atoms with E-state index in [0.29, 0.717) is 12.1 Å². The molecular formula is C10H16BrN3O. The zero-order chi connectivity index (χ0) is 11.4. The van der Waals surface area contributed by atoms with E-state index >= 15 is 0 Å². The van der Waals surface area contributed by atoms with Crippen molar-refractivity contribution in [2.45, 2.75) is 39.3 Å². The zero-order valence-corrected chi connectivity index (χ0v) is 10.6. The molecule has 1 atom stereocenters. The molecule has 1 rings (SSSR count). The minimum absolute atomic E-state index is 0.0443. The first-order chi connectivity index (χ1) is 7.06. The summed E-state index contributed by atoms with van der Waals surface area (Å²) in [5, 5.41) is 4.14. The van der Waals surface area contributed by atoms with Crippen LogP contribution in [0, 0.1) is 0 Å². The van der Waals surface area contributed by atoms with E-state index in [9.17, 15) is 4.79 Å². The van der Waals surface area contributed by atoms with E-state index in [1.807, 2.05) is 6.92 Å². The number of hydrogen-bond donors (Lipinski definition) is 1. The molecule has 4 nitrogen and oxygen atoms in total. The average molecular weight is 274 g/mol. The third-order valence-electron chi connectivity index (χ3n) is 2.00. The number of Topliss-reactive ketones (excluding diaryl/α,β-unsaturated/α-hetero) is 1. The fraction of sp³-hybridized carbons (Fsp3) is 0.600. The van der Waals surface area contributed by atoms with Crippen LogP contribution in [0.1, 0.15) is 37.2 Å². The molecule has 0 bridgehead atoms. The van der Waals surface area contributed by atoms with Gasteiger partial charge >= 0.3 is 0 Å². The Hall–Kier alpha value is -0.680. The maximum atomic E-state index is 11.9. The SMILES string of the molecule is CCCn1ncc(Br)c1C(=O)CC(C)N. The second-order valence-electron chi connectivity index (χ2n) is 3.67. The fourth-order valence-corrected chi connectivity index (χ4v) is 1.93. The molecule has 0 saturated heterocycles. The highest BCUT2D eigenvalue weighted by atomic mass is 79.9. The minimum atomic E-state index is -0.116. The Labute approximate surface area is 98.0 Å². The lowest BCUT2D eigenvalue weighted by Crippen LogP contribution is -2.22. The summed E-state index contributed by atoms with van der Waals surface area (Å²) in [5.41, 5.74) is 6.24. The first-order valence-corrected chi connectivity index (χ1v) is 5.85. The van der Waals surface area contributed by atoms with Gasteiger partial charge in [-0.05, 0) is 29.3 Å². The minimum Gasteiger partial charge on any atom is -0.328 e. The van der Waals surface area contributed by atoms with E-state index in [2.05, 4.69) is 28.0 Å². The fourth-order valence-electron chi connectivity index (χ4n) is 1.41. The van der Waals surface area contributed by atoms with Crippen LogP contribution in [0.2, 0.25) is 0 Å². The normalized spacial score (nSPS) is 12.8. The Morgan fingerprint density at radius 3 is 2.93 bits per heavy atom. The average Bonchev–Trinajstić information content (AvgIpc) is 2.46. The topological polar surface area (TPSA) is 60.9 Å². The van der Waals surface area contributed by atoms with Crippen molar-refractivity contribution in [3.05, 3.63) is 16.4 Å². The van der Waals surface area contributed by atoms with Gasteiger partial charge in [-0.15, -0.1) is 0 Å². The van der Waals surface area contributed by atoms with Gasteiger partial charge in [0.1, 0.15) is 5.69 Å². The molecule has 84 valence electrons. The number of nitrogens with zero attached hydrogens (tertiary/aromatic N) is 2. The number of carbonyl (C=O) groups is 1. The Morgan fingerprint density at radius 2 is 2.40 bits per heavy atom. The summed E-state index contributed by atoms with van der Waals surface area (Å²) in [6.07, 6.45) is 2.96. The lowest BCUT2D eigenvalue weighted by atomic mass is 10.1. The van der Waals surface area contributed by atoms with Crippen molar-refractivity contribution in [1.82, 2.24) is 9.78 Å². The van der Waals surface area contributed by atoms with Crippen molar-refractivity contribution in [2.75, 3.05) is 0 Å². The van der Waals surface area contributed by atoms with Crippen LogP contribution in [0.3, 0.4) is 0 Å². The molecule has 0 spiro atoms. The first kappa shape index (κ1) is 12.4. The second-order valence-corrected chi connectivity index (χ2v) is 4.52. The highest BCUT2D eigenvalue weighted by molar-refractivity contribution is 9.10. The molecule has 0 fully saturated rings. The number of ketones is 1. The number of aryl methyl sites for hydroxylation is 1. The van der Waals surface area contributed by atoms with E-state index in [1.54, 1.807) is 10.9 Å². The third kappa shape index (κ3) is 3.14. The van der Waals surface area contributed by atoms with Crippen molar-refractivity contribution in [2.24, 2.45) is 5.73 Å². The van der Waals surface area contributed by atoms with Crippen molar-refractivity contribution >= 4 is 21.7 Å². The molecule has 5 heteroatoms. The van der Waals surface area contributed by atoms with E-state index in [4.69, 9.17) is 5.73 Å². The molecular weight excluding hydrogens is 258 g/mol. The van der Waals surface area contributed by atoms with Gasteiger partial charge in [0, 0.05) is 19.0 Å². The van der Waals surface area contributed by atoms with Gasteiger partial charge in [-0.25, -0.2) is 0 Å². The molecule has 0 aromatic carbocycles. The summed E-state index contributed by atoms with van der Waals surface area (Å²) in [7, 11) is 0. The Balaban J connectivity index is 2.90. The second kappa shape index (κ2) is 5.42. The molecule has 0 amide bonds. The summed E-state index contributed by atoms with van der Waals surface area (Å²) in [6, 6.07) is -0.116. The molecule has 1 heterocycles. The van der Waals surface area contributed by atoms with Gasteiger partial charge in [0.2, 0.25) is 0 Å². The molecule has 1 aromatic rings. The predicted molar refractivity (Wildman–Crippen MR) is 62.8 cm³/mol. The summed E-state index contributed by atoms with van der Waals surface area (Å²) in [5.74, 6) is 0.0443. The van der Waals surface area contributed by atoms with Gasteiger partial charge in [-0.1, -0.05) is 6.92 Å². The van der Waals surface area contributed by atoms with Crippen molar-refractivity contribution in [3.63, 3.8) is 0 Å². The molecule has 0 radical (unpaired) electrons. The van der Waals surface area contributed by atoms with Gasteiger partial charge < -0.3 is 5.73 Å². The molecule has 2 N–H and O–H groups in total. The standard InChI is InChI=1S/C10H16BrN3O/c1-3-4-14-10(8(11)6-13-14)9(15)5-7(2)12/h6-7H,3-5,12H2,1-2H3. The van der Waals surface area contributed by atoms with Crippen LogP contribution in [0.25, 0.3) is 0 Å². The number of rotatable bonds is 5. The number of hydrogen-bond acceptors (Lipinski definition) is 3. The van der Waals surface area contributed by atoms with E-state index in [0.717, 1.165) is 17.4 Å². The highest BCUT2D eigenvalue weighted by Crippen LogP contribution is 2.18. The number of aromatic nitrogens is 2. The summed E-state index contributed by atoms with van der Waals surface area (Å²) in [4.78, 5) is 11.9. The monoisotopic (exact) mass is 273 g/mol. The van der Waals surface area contributed by atoms with Gasteiger partial charge in [0.05, 0.1) is 10.7 Å². The summed E-state index contributed by atoms with van der Waals surface area (Å²) in [6.45, 7) is 4.63. The van der Waals surface area contributed by atoms with Gasteiger partial charge in [-0.3, -0.25) is 9.48 Å². The molecule has 0 aliphatic heterocycles. The van der Waals surface area contributed by atoms with Crippen molar-refractivity contribution in [3.8, 4) is 0 Å². The van der Waals surface area contributed by atoms with E-state index in [1.165, 1.54) is 0 Å². The summed E-state index contributed by atoms with van der Waals surface area (Å²) >= 11 is 3.33. The molecule has 15 heavy (non-hydrogen) atoms. The van der Waals surface area contributed by atoms with Crippen LogP contribution in [0.15, 0.2) is 10.7 Å². The molecule has 1 aromatic heterocycles. The predicted octanol–water partition coefficient (Wildman–Crippen LogP) is 1.98. The van der Waals surface area contributed by atoms with E-state index in [-0.39, 0.29) is 11.8 Å². The smallest absolute Gasteiger partial charge is 0.183 e. The van der Waals surface area contributed by atoms with Crippen LogP contribution < -0.4 is 5.73 Å². The van der Waals surface area contributed by atoms with E-state index < -0.39 is 0 Å². The first-order valence-electron chi connectivity index (χ1n) is 5.06.